The van der Waals surface area contributed by atoms with Crippen LogP contribution in [-0.4, -0.2) is 37.4 Å². The number of aldehydes is 1. The molecule has 0 saturated carbocycles. The molecule has 0 aromatic heterocycles. The van der Waals surface area contributed by atoms with Crippen molar-refractivity contribution in [3.63, 3.8) is 0 Å². The summed E-state index contributed by atoms with van der Waals surface area (Å²) in [5.74, 6) is 2.41. The van der Waals surface area contributed by atoms with Gasteiger partial charge in [-0.15, -0.1) is 0 Å². The van der Waals surface area contributed by atoms with E-state index in [1.165, 1.54) is 19.5 Å². The number of rotatable bonds is 5. The minimum absolute atomic E-state index is 0.686. The third-order valence-electron chi connectivity index (χ3n) is 3.64. The highest BCUT2D eigenvalue weighted by molar-refractivity contribution is 5.74. The summed E-state index contributed by atoms with van der Waals surface area (Å²) < 4.78 is 5.72. The molecule has 0 N–H and O–H groups in total. The number of carbonyl (C=O) groups excluding carboxylic acids is 1. The van der Waals surface area contributed by atoms with Gasteiger partial charge in [-0.3, -0.25) is 9.69 Å². The first kappa shape index (κ1) is 14.1. The maximum Gasteiger partial charge on any atom is 0.150 e. The van der Waals surface area contributed by atoms with E-state index in [2.05, 4.69) is 18.7 Å². The van der Waals surface area contributed by atoms with E-state index in [-0.39, 0.29) is 0 Å². The highest BCUT2D eigenvalue weighted by Gasteiger charge is 2.21. The molecule has 1 heterocycles. The van der Waals surface area contributed by atoms with Gasteiger partial charge < -0.3 is 4.74 Å². The Bertz CT molecular complexity index is 392. The summed E-state index contributed by atoms with van der Waals surface area (Å²) in [6, 6.07) is 7.27. The van der Waals surface area contributed by atoms with Crippen molar-refractivity contribution in [1.82, 2.24) is 4.90 Å². The zero-order chi connectivity index (χ0) is 13.7. The van der Waals surface area contributed by atoms with Gasteiger partial charge in [0.1, 0.15) is 18.6 Å². The van der Waals surface area contributed by atoms with Crippen molar-refractivity contribution in [1.29, 1.82) is 0 Å². The molecule has 0 bridgehead atoms. The van der Waals surface area contributed by atoms with Crippen molar-refractivity contribution in [2.45, 2.75) is 20.3 Å². The van der Waals surface area contributed by atoms with E-state index in [4.69, 9.17) is 4.74 Å². The first-order valence-electron chi connectivity index (χ1n) is 7.07. The third-order valence-corrected chi connectivity index (χ3v) is 3.64. The van der Waals surface area contributed by atoms with Crippen molar-refractivity contribution in [3.8, 4) is 5.75 Å². The van der Waals surface area contributed by atoms with Crippen LogP contribution in [0.5, 0.6) is 5.75 Å². The number of hydrogen-bond acceptors (Lipinski definition) is 3. The summed E-state index contributed by atoms with van der Waals surface area (Å²) in [5, 5.41) is 0. The van der Waals surface area contributed by atoms with E-state index in [9.17, 15) is 4.79 Å². The van der Waals surface area contributed by atoms with Gasteiger partial charge in [0.25, 0.3) is 0 Å². The van der Waals surface area contributed by atoms with Gasteiger partial charge in [0.2, 0.25) is 0 Å². The molecule has 3 nitrogen and oxygen atoms in total. The summed E-state index contributed by atoms with van der Waals surface area (Å²) >= 11 is 0. The number of carbonyl (C=O) groups is 1. The summed E-state index contributed by atoms with van der Waals surface area (Å²) in [6.07, 6.45) is 2.19. The predicted molar refractivity (Wildman–Crippen MR) is 76.7 cm³/mol. The lowest BCUT2D eigenvalue weighted by molar-refractivity contribution is 0.112. The molecule has 19 heavy (non-hydrogen) atoms. The topological polar surface area (TPSA) is 29.5 Å². The maximum absolute atomic E-state index is 10.6. The highest BCUT2D eigenvalue weighted by atomic mass is 16.5. The molecular weight excluding hydrogens is 238 g/mol. The lowest BCUT2D eigenvalue weighted by atomic mass is 9.92. The van der Waals surface area contributed by atoms with Crippen LogP contribution in [0.4, 0.5) is 0 Å². The number of hydrogen-bond donors (Lipinski definition) is 0. The Kier molecular flexibility index (Phi) is 4.97. The molecule has 0 unspecified atom stereocenters. The Balaban J connectivity index is 1.74. The number of piperidine rings is 1. The molecule has 2 atom stereocenters. The highest BCUT2D eigenvalue weighted by Crippen LogP contribution is 2.20. The summed E-state index contributed by atoms with van der Waals surface area (Å²) in [6.45, 7) is 8.68. The number of benzene rings is 1. The fourth-order valence-electron chi connectivity index (χ4n) is 2.91. The quantitative estimate of drug-likeness (QED) is 0.763. The van der Waals surface area contributed by atoms with E-state index in [1.54, 1.807) is 12.1 Å². The molecular formula is C16H23NO2. The maximum atomic E-state index is 10.6. The Morgan fingerprint density at radius 3 is 2.42 bits per heavy atom. The van der Waals surface area contributed by atoms with Gasteiger partial charge >= 0.3 is 0 Å². The molecule has 104 valence electrons. The first-order valence-corrected chi connectivity index (χ1v) is 7.07. The predicted octanol–water partition coefficient (Wildman–Crippen LogP) is 2.86. The SMILES string of the molecule is C[C@H]1C[C@H](C)CN(CCOc2ccc(C=O)cc2)C1. The number of likely N-dealkylation sites (tertiary alicyclic amines) is 1. The van der Waals surface area contributed by atoms with Crippen LogP contribution in [0.3, 0.4) is 0 Å². The van der Waals surface area contributed by atoms with Gasteiger partial charge in [-0.25, -0.2) is 0 Å². The second-order valence-electron chi connectivity index (χ2n) is 5.74. The van der Waals surface area contributed by atoms with Crippen molar-refractivity contribution in [2.75, 3.05) is 26.2 Å². The minimum atomic E-state index is 0.686. The van der Waals surface area contributed by atoms with E-state index >= 15 is 0 Å². The molecule has 0 amide bonds. The Labute approximate surface area is 115 Å². The fourth-order valence-corrected chi connectivity index (χ4v) is 2.91. The van der Waals surface area contributed by atoms with E-state index in [1.807, 2.05) is 12.1 Å². The van der Waals surface area contributed by atoms with Gasteiger partial charge in [0.05, 0.1) is 0 Å². The molecule has 0 radical (unpaired) electrons. The van der Waals surface area contributed by atoms with Crippen LogP contribution in [0.1, 0.15) is 30.6 Å². The molecule has 1 aliphatic rings. The summed E-state index contributed by atoms with van der Waals surface area (Å²) in [4.78, 5) is 13.0. The van der Waals surface area contributed by atoms with Crippen molar-refractivity contribution >= 4 is 6.29 Å². The molecule has 3 heteroatoms. The molecule has 2 rings (SSSR count). The van der Waals surface area contributed by atoms with Gasteiger partial charge in [-0.05, 0) is 42.5 Å². The van der Waals surface area contributed by atoms with Gasteiger partial charge in [-0.2, -0.15) is 0 Å². The molecule has 1 aromatic carbocycles. The van der Waals surface area contributed by atoms with E-state index in [0.29, 0.717) is 12.2 Å². The largest absolute Gasteiger partial charge is 0.492 e. The molecule has 0 aliphatic carbocycles. The lowest BCUT2D eigenvalue weighted by Gasteiger charge is -2.34. The molecule has 1 aromatic rings. The van der Waals surface area contributed by atoms with Crippen LogP contribution in [0.2, 0.25) is 0 Å². The zero-order valence-electron chi connectivity index (χ0n) is 11.8. The van der Waals surface area contributed by atoms with Crippen molar-refractivity contribution in [2.24, 2.45) is 11.8 Å². The van der Waals surface area contributed by atoms with Gasteiger partial charge in [-0.1, -0.05) is 13.8 Å². The van der Waals surface area contributed by atoms with Gasteiger partial charge in [0, 0.05) is 25.2 Å². The average Bonchev–Trinajstić information content (AvgIpc) is 2.38. The summed E-state index contributed by atoms with van der Waals surface area (Å²) in [7, 11) is 0. The Hall–Kier alpha value is -1.35. The lowest BCUT2D eigenvalue weighted by Crippen LogP contribution is -2.40. The smallest absolute Gasteiger partial charge is 0.150 e. The van der Waals surface area contributed by atoms with Crippen molar-refractivity contribution in [3.05, 3.63) is 29.8 Å². The summed E-state index contributed by atoms with van der Waals surface area (Å²) in [5.41, 5.74) is 0.686. The Morgan fingerprint density at radius 2 is 1.84 bits per heavy atom. The van der Waals surface area contributed by atoms with Crippen molar-refractivity contribution < 1.29 is 9.53 Å². The van der Waals surface area contributed by atoms with Crippen LogP contribution in [0.15, 0.2) is 24.3 Å². The Morgan fingerprint density at radius 1 is 1.21 bits per heavy atom. The number of ether oxygens (including phenoxy) is 1. The minimum Gasteiger partial charge on any atom is -0.492 e. The van der Waals surface area contributed by atoms with Crippen LogP contribution in [-0.2, 0) is 0 Å². The molecule has 1 fully saturated rings. The van der Waals surface area contributed by atoms with Crippen LogP contribution >= 0.6 is 0 Å². The van der Waals surface area contributed by atoms with Crippen LogP contribution in [0.25, 0.3) is 0 Å². The molecule has 1 saturated heterocycles. The van der Waals surface area contributed by atoms with Crippen LogP contribution in [0, 0.1) is 11.8 Å². The number of nitrogens with zero attached hydrogens (tertiary/aromatic N) is 1. The first-order chi connectivity index (χ1) is 9.17. The standard InChI is InChI=1S/C16H23NO2/c1-13-9-14(2)11-17(10-13)7-8-19-16-5-3-15(12-18)4-6-16/h3-6,12-14H,7-11H2,1-2H3/t13-,14-/m0/s1. The van der Waals surface area contributed by atoms with E-state index in [0.717, 1.165) is 30.4 Å². The van der Waals surface area contributed by atoms with Gasteiger partial charge in [0.15, 0.2) is 0 Å². The second kappa shape index (κ2) is 6.71. The zero-order valence-corrected chi connectivity index (χ0v) is 11.8. The normalized spacial score (nSPS) is 24.1. The fraction of sp³-hybridized carbons (Fsp3) is 0.562. The second-order valence-corrected chi connectivity index (χ2v) is 5.74. The van der Waals surface area contributed by atoms with E-state index < -0.39 is 0 Å². The van der Waals surface area contributed by atoms with Crippen LogP contribution < -0.4 is 4.74 Å². The third kappa shape index (κ3) is 4.35. The monoisotopic (exact) mass is 261 g/mol. The molecule has 0 spiro atoms. The average molecular weight is 261 g/mol. The molecule has 1 aliphatic heterocycles.